The SMILES string of the molecule is c1ccc(-c2ccc3cc(-c4nc(-c5ccccc5)nc(-c5c6sc(-c7ccccc7)nc6cc6sc7ccccc7c56)n4)ccc3c2)cc1. The van der Waals surface area contributed by atoms with Gasteiger partial charge in [0.1, 0.15) is 5.01 Å². The number of hydrogen-bond acceptors (Lipinski definition) is 6. The van der Waals surface area contributed by atoms with Gasteiger partial charge in [0, 0.05) is 42.4 Å². The number of aromatic nitrogens is 4. The normalized spacial score (nSPS) is 11.6. The maximum atomic E-state index is 5.30. The molecule has 10 aromatic rings. The van der Waals surface area contributed by atoms with Gasteiger partial charge in [0.05, 0.1) is 10.2 Å². The van der Waals surface area contributed by atoms with Crippen LogP contribution in [0.15, 0.2) is 158 Å². The van der Waals surface area contributed by atoms with Crippen molar-refractivity contribution >= 4 is 63.8 Å². The summed E-state index contributed by atoms with van der Waals surface area (Å²) in [6, 6.07) is 55.0. The molecule has 0 saturated carbocycles. The Morgan fingerprint density at radius 1 is 0.380 bits per heavy atom. The van der Waals surface area contributed by atoms with Gasteiger partial charge < -0.3 is 0 Å². The first-order valence-electron chi connectivity index (χ1n) is 16.5. The number of thiophene rings is 1. The van der Waals surface area contributed by atoms with E-state index < -0.39 is 0 Å². The molecule has 0 spiro atoms. The monoisotopic (exact) mass is 674 g/mol. The largest absolute Gasteiger partial charge is 0.236 e. The van der Waals surface area contributed by atoms with Crippen LogP contribution in [-0.4, -0.2) is 19.9 Å². The van der Waals surface area contributed by atoms with Crippen LogP contribution < -0.4 is 0 Å². The van der Waals surface area contributed by atoms with Crippen molar-refractivity contribution in [3.05, 3.63) is 158 Å². The molecule has 0 fully saturated rings. The summed E-state index contributed by atoms with van der Waals surface area (Å²) >= 11 is 3.48. The summed E-state index contributed by atoms with van der Waals surface area (Å²) in [6.07, 6.45) is 0. The third-order valence-electron chi connectivity index (χ3n) is 9.14. The van der Waals surface area contributed by atoms with Crippen LogP contribution >= 0.6 is 22.7 Å². The van der Waals surface area contributed by atoms with Gasteiger partial charge in [0.2, 0.25) is 0 Å². The Kier molecular flexibility index (Phi) is 6.82. The Labute approximate surface area is 296 Å². The highest BCUT2D eigenvalue weighted by Gasteiger charge is 2.22. The van der Waals surface area contributed by atoms with E-state index in [0.717, 1.165) is 48.3 Å². The van der Waals surface area contributed by atoms with Gasteiger partial charge >= 0.3 is 0 Å². The number of fused-ring (bicyclic) bond motifs is 5. The van der Waals surface area contributed by atoms with Crippen molar-refractivity contribution in [2.24, 2.45) is 0 Å². The third kappa shape index (κ3) is 4.96. The van der Waals surface area contributed by atoms with Crippen LogP contribution in [-0.2, 0) is 0 Å². The predicted molar refractivity (Wildman–Crippen MR) is 211 cm³/mol. The van der Waals surface area contributed by atoms with E-state index >= 15 is 0 Å². The average Bonchev–Trinajstić information content (AvgIpc) is 3.79. The number of nitrogens with zero attached hydrogens (tertiary/aromatic N) is 4. The standard InChI is InChI=1S/C44H26N4S2/c1-4-12-27(13-5-1)30-20-21-32-25-33(23-22-31(32)24-30)42-46-41(28-14-6-2-7-15-28)47-43(48-42)39-38-34-18-10-11-19-36(34)49-37(38)26-35-40(39)50-44(45-35)29-16-8-3-9-17-29/h1-26H. The van der Waals surface area contributed by atoms with Gasteiger partial charge in [0.15, 0.2) is 17.5 Å². The quantitative estimate of drug-likeness (QED) is 0.182. The summed E-state index contributed by atoms with van der Waals surface area (Å²) in [7, 11) is 0. The number of benzene rings is 7. The lowest BCUT2D eigenvalue weighted by Crippen LogP contribution is -2.00. The van der Waals surface area contributed by atoms with Crippen molar-refractivity contribution < 1.29 is 0 Å². The van der Waals surface area contributed by atoms with E-state index in [4.69, 9.17) is 19.9 Å². The minimum Gasteiger partial charge on any atom is -0.236 e. The van der Waals surface area contributed by atoms with Crippen LogP contribution in [0.25, 0.3) is 97.0 Å². The molecule has 3 heterocycles. The lowest BCUT2D eigenvalue weighted by atomic mass is 10.00. The van der Waals surface area contributed by atoms with Gasteiger partial charge in [-0.2, -0.15) is 0 Å². The molecular weight excluding hydrogens is 649 g/mol. The molecule has 4 nitrogen and oxygen atoms in total. The molecule has 0 N–H and O–H groups in total. The Morgan fingerprint density at radius 3 is 1.70 bits per heavy atom. The van der Waals surface area contributed by atoms with Crippen LogP contribution in [0.4, 0.5) is 0 Å². The van der Waals surface area contributed by atoms with Gasteiger partial charge in [-0.3, -0.25) is 0 Å². The van der Waals surface area contributed by atoms with Crippen molar-refractivity contribution in [3.63, 3.8) is 0 Å². The maximum Gasteiger partial charge on any atom is 0.166 e. The van der Waals surface area contributed by atoms with E-state index in [2.05, 4.69) is 127 Å². The summed E-state index contributed by atoms with van der Waals surface area (Å²) in [5, 5.41) is 5.63. The molecule has 3 aromatic heterocycles. The molecule has 0 saturated heterocycles. The Balaban J connectivity index is 1.22. The zero-order valence-electron chi connectivity index (χ0n) is 26.6. The fourth-order valence-corrected chi connectivity index (χ4v) is 8.96. The third-order valence-corrected chi connectivity index (χ3v) is 11.4. The zero-order valence-corrected chi connectivity index (χ0v) is 28.2. The molecule has 50 heavy (non-hydrogen) atoms. The van der Waals surface area contributed by atoms with Crippen LogP contribution in [0.2, 0.25) is 0 Å². The molecule has 0 aliphatic rings. The summed E-state index contributed by atoms with van der Waals surface area (Å²) in [5.74, 6) is 1.93. The van der Waals surface area contributed by atoms with Crippen molar-refractivity contribution in [2.45, 2.75) is 0 Å². The van der Waals surface area contributed by atoms with E-state index in [9.17, 15) is 0 Å². The topological polar surface area (TPSA) is 51.6 Å². The minimum absolute atomic E-state index is 0.639. The average molecular weight is 675 g/mol. The molecule has 0 amide bonds. The summed E-state index contributed by atoms with van der Waals surface area (Å²) in [5.41, 5.74) is 7.33. The lowest BCUT2D eigenvalue weighted by Gasteiger charge is -2.11. The van der Waals surface area contributed by atoms with Crippen molar-refractivity contribution in [1.82, 2.24) is 19.9 Å². The van der Waals surface area contributed by atoms with E-state index in [1.807, 2.05) is 30.3 Å². The number of thiazole rings is 1. The van der Waals surface area contributed by atoms with E-state index in [1.165, 1.54) is 31.3 Å². The molecule has 10 rings (SSSR count). The number of rotatable bonds is 5. The van der Waals surface area contributed by atoms with Crippen LogP contribution in [0.3, 0.4) is 0 Å². The first-order chi connectivity index (χ1) is 24.7. The van der Waals surface area contributed by atoms with Crippen molar-refractivity contribution in [3.8, 4) is 55.9 Å². The second kappa shape index (κ2) is 11.8. The Morgan fingerprint density at radius 2 is 0.960 bits per heavy atom. The van der Waals surface area contributed by atoms with Crippen LogP contribution in [0, 0.1) is 0 Å². The highest BCUT2D eigenvalue weighted by Crippen LogP contribution is 2.46. The molecule has 0 unspecified atom stereocenters. The van der Waals surface area contributed by atoms with Gasteiger partial charge in [-0.15, -0.1) is 22.7 Å². The van der Waals surface area contributed by atoms with Crippen molar-refractivity contribution in [1.29, 1.82) is 0 Å². The van der Waals surface area contributed by atoms with E-state index in [1.54, 1.807) is 22.7 Å². The molecular formula is C44H26N4S2. The smallest absolute Gasteiger partial charge is 0.166 e. The van der Waals surface area contributed by atoms with Crippen LogP contribution in [0.1, 0.15) is 0 Å². The fraction of sp³-hybridized carbons (Fsp3) is 0. The summed E-state index contributed by atoms with van der Waals surface area (Å²) in [4.78, 5) is 20.8. The predicted octanol–water partition coefficient (Wildman–Crippen LogP) is 12.3. The number of hydrogen-bond donors (Lipinski definition) is 0. The first-order valence-corrected chi connectivity index (χ1v) is 18.1. The maximum absolute atomic E-state index is 5.30. The van der Waals surface area contributed by atoms with Gasteiger partial charge in [-0.25, -0.2) is 19.9 Å². The zero-order chi connectivity index (χ0) is 33.0. The summed E-state index contributed by atoms with van der Waals surface area (Å²) < 4.78 is 3.47. The highest BCUT2D eigenvalue weighted by atomic mass is 32.1. The fourth-order valence-electron chi connectivity index (χ4n) is 6.72. The van der Waals surface area contributed by atoms with E-state index in [0.29, 0.717) is 17.5 Å². The van der Waals surface area contributed by atoms with Crippen LogP contribution in [0.5, 0.6) is 0 Å². The Hall–Kier alpha value is -6.08. The van der Waals surface area contributed by atoms with Gasteiger partial charge in [0.25, 0.3) is 0 Å². The minimum atomic E-state index is 0.639. The highest BCUT2D eigenvalue weighted by molar-refractivity contribution is 7.26. The summed E-state index contributed by atoms with van der Waals surface area (Å²) in [6.45, 7) is 0. The molecule has 0 radical (unpaired) electrons. The van der Waals surface area contributed by atoms with Gasteiger partial charge in [-0.1, -0.05) is 133 Å². The molecule has 7 aromatic carbocycles. The molecule has 0 bridgehead atoms. The second-order valence-corrected chi connectivity index (χ2v) is 14.4. The van der Waals surface area contributed by atoms with E-state index in [-0.39, 0.29) is 0 Å². The van der Waals surface area contributed by atoms with Crippen molar-refractivity contribution in [2.75, 3.05) is 0 Å². The second-order valence-electron chi connectivity index (χ2n) is 12.3. The Bertz CT molecular complexity index is 2860. The molecule has 0 aliphatic carbocycles. The molecule has 6 heteroatoms. The molecule has 0 atom stereocenters. The first kappa shape index (κ1) is 28.9. The molecule has 0 aliphatic heterocycles. The molecule has 234 valence electrons. The lowest BCUT2D eigenvalue weighted by molar-refractivity contribution is 1.08. The van der Waals surface area contributed by atoms with Gasteiger partial charge in [-0.05, 0) is 46.2 Å².